The second-order valence-corrected chi connectivity index (χ2v) is 5.98. The monoisotopic (exact) mass is 328 g/mol. The maximum Gasteiger partial charge on any atom is 0.231 e. The molecular weight excluding hydrogens is 314 g/mol. The van der Waals surface area contributed by atoms with E-state index in [9.17, 15) is 13.6 Å². The molecule has 5 nitrogen and oxygen atoms in total. The molecule has 0 saturated heterocycles. The number of aryl methyl sites for hydroxylation is 1. The lowest BCUT2D eigenvalue weighted by atomic mass is 10.1. The zero-order valence-corrected chi connectivity index (χ0v) is 12.8. The van der Waals surface area contributed by atoms with Gasteiger partial charge in [0.1, 0.15) is 11.8 Å². The minimum Gasteiger partial charge on any atom is -0.309 e. The second-order valence-electron chi connectivity index (χ2n) is 5.98. The standard InChI is InChI=1S/C17H14F2N4O/c1-9-4-14(19)20-6-12(9)10-2-3-16-21-15(8-23(16)7-10)22-17(24)11-5-13(11)18/h2-4,6-8,11,13H,5H2,1H3,(H,22,24). The van der Waals surface area contributed by atoms with E-state index in [2.05, 4.69) is 15.3 Å². The van der Waals surface area contributed by atoms with Crippen molar-refractivity contribution in [3.8, 4) is 11.1 Å². The first-order chi connectivity index (χ1) is 11.5. The number of carbonyl (C=O) groups is 1. The smallest absolute Gasteiger partial charge is 0.231 e. The van der Waals surface area contributed by atoms with Crippen molar-refractivity contribution in [2.75, 3.05) is 5.32 Å². The van der Waals surface area contributed by atoms with Crippen molar-refractivity contribution >= 4 is 17.4 Å². The van der Waals surface area contributed by atoms with Gasteiger partial charge in [-0.2, -0.15) is 4.39 Å². The van der Waals surface area contributed by atoms with Gasteiger partial charge in [0.15, 0.2) is 5.82 Å². The van der Waals surface area contributed by atoms with Crippen molar-refractivity contribution in [2.24, 2.45) is 5.92 Å². The van der Waals surface area contributed by atoms with E-state index in [0.29, 0.717) is 11.5 Å². The number of nitrogens with zero attached hydrogens (tertiary/aromatic N) is 3. The van der Waals surface area contributed by atoms with Crippen LogP contribution >= 0.6 is 0 Å². The number of amides is 1. The van der Waals surface area contributed by atoms with Crippen molar-refractivity contribution in [2.45, 2.75) is 19.5 Å². The highest BCUT2D eigenvalue weighted by atomic mass is 19.1. The number of hydrogen-bond donors (Lipinski definition) is 1. The molecule has 0 bridgehead atoms. The van der Waals surface area contributed by atoms with Gasteiger partial charge in [-0.15, -0.1) is 0 Å². The summed E-state index contributed by atoms with van der Waals surface area (Å²) in [7, 11) is 0. The molecule has 24 heavy (non-hydrogen) atoms. The van der Waals surface area contributed by atoms with Crippen molar-refractivity contribution in [3.05, 3.63) is 48.3 Å². The Bertz CT molecular complexity index is 953. The van der Waals surface area contributed by atoms with E-state index in [4.69, 9.17) is 0 Å². The van der Waals surface area contributed by atoms with Crippen molar-refractivity contribution in [1.29, 1.82) is 0 Å². The van der Waals surface area contributed by atoms with Gasteiger partial charge in [0.2, 0.25) is 11.9 Å². The van der Waals surface area contributed by atoms with Gasteiger partial charge in [0.05, 0.1) is 12.1 Å². The van der Waals surface area contributed by atoms with E-state index in [1.165, 1.54) is 12.3 Å². The summed E-state index contributed by atoms with van der Waals surface area (Å²) in [4.78, 5) is 19.8. The lowest BCUT2D eigenvalue weighted by Gasteiger charge is -2.05. The molecule has 0 spiro atoms. The number of imidazole rings is 1. The fourth-order valence-electron chi connectivity index (χ4n) is 2.69. The Morgan fingerprint density at radius 1 is 1.38 bits per heavy atom. The molecule has 1 N–H and O–H groups in total. The quantitative estimate of drug-likeness (QED) is 0.752. The molecular formula is C17H14F2N4O. The molecule has 0 radical (unpaired) electrons. The average Bonchev–Trinajstić information content (AvgIpc) is 3.13. The number of nitrogens with one attached hydrogen (secondary N) is 1. The SMILES string of the molecule is Cc1cc(F)ncc1-c1ccc2nc(NC(=O)C3CC3F)cn2c1. The molecule has 1 aliphatic rings. The van der Waals surface area contributed by atoms with Gasteiger partial charge in [-0.1, -0.05) is 0 Å². The Hall–Kier alpha value is -2.83. The Balaban J connectivity index is 1.64. The summed E-state index contributed by atoms with van der Waals surface area (Å²) in [5.41, 5.74) is 3.09. The van der Waals surface area contributed by atoms with Crippen LogP contribution in [0.15, 0.2) is 36.8 Å². The maximum absolute atomic E-state index is 13.1. The van der Waals surface area contributed by atoms with Crippen LogP contribution in [-0.4, -0.2) is 26.4 Å². The van der Waals surface area contributed by atoms with Crippen LogP contribution in [-0.2, 0) is 4.79 Å². The fourth-order valence-corrected chi connectivity index (χ4v) is 2.69. The number of halogens is 2. The zero-order chi connectivity index (χ0) is 16.8. The molecule has 7 heteroatoms. The van der Waals surface area contributed by atoms with E-state index in [0.717, 1.165) is 16.7 Å². The van der Waals surface area contributed by atoms with Crippen LogP contribution in [0.25, 0.3) is 16.8 Å². The number of anilines is 1. The number of aromatic nitrogens is 3. The molecule has 1 aliphatic carbocycles. The fraction of sp³-hybridized carbons (Fsp3) is 0.235. The molecule has 2 unspecified atom stereocenters. The highest BCUT2D eigenvalue weighted by Crippen LogP contribution is 2.34. The van der Waals surface area contributed by atoms with Gasteiger partial charge in [-0.3, -0.25) is 4.79 Å². The van der Waals surface area contributed by atoms with Crippen LogP contribution in [0.3, 0.4) is 0 Å². The molecule has 0 aromatic carbocycles. The van der Waals surface area contributed by atoms with Gasteiger partial charge in [-0.25, -0.2) is 14.4 Å². The Morgan fingerprint density at radius 3 is 2.88 bits per heavy atom. The van der Waals surface area contributed by atoms with Crippen LogP contribution in [0, 0.1) is 18.8 Å². The van der Waals surface area contributed by atoms with E-state index >= 15 is 0 Å². The molecule has 1 saturated carbocycles. The topological polar surface area (TPSA) is 59.3 Å². The molecule has 122 valence electrons. The first-order valence-electron chi connectivity index (χ1n) is 7.57. The van der Waals surface area contributed by atoms with E-state index < -0.39 is 18.0 Å². The largest absolute Gasteiger partial charge is 0.309 e. The Labute approximate surface area is 136 Å². The van der Waals surface area contributed by atoms with Crippen molar-refractivity contribution < 1.29 is 13.6 Å². The summed E-state index contributed by atoms with van der Waals surface area (Å²) in [6.45, 7) is 1.81. The molecule has 0 aliphatic heterocycles. The number of alkyl halides is 1. The number of carbonyl (C=O) groups excluding carboxylic acids is 1. The number of fused-ring (bicyclic) bond motifs is 1. The summed E-state index contributed by atoms with van der Waals surface area (Å²) in [5, 5.41) is 2.63. The molecule has 1 amide bonds. The van der Waals surface area contributed by atoms with Crippen LogP contribution in [0.4, 0.5) is 14.6 Å². The predicted octanol–water partition coefficient (Wildman–Crippen LogP) is 3.14. The highest BCUT2D eigenvalue weighted by Gasteiger charge is 2.43. The van der Waals surface area contributed by atoms with Gasteiger partial charge >= 0.3 is 0 Å². The molecule has 2 atom stereocenters. The van der Waals surface area contributed by atoms with E-state index in [1.807, 2.05) is 19.2 Å². The summed E-state index contributed by atoms with van der Waals surface area (Å²) in [6, 6.07) is 5.03. The molecule has 3 aromatic rings. The van der Waals surface area contributed by atoms with E-state index in [1.54, 1.807) is 16.7 Å². The van der Waals surface area contributed by atoms with Crippen LogP contribution < -0.4 is 5.32 Å². The molecule has 1 fully saturated rings. The summed E-state index contributed by atoms with van der Waals surface area (Å²) >= 11 is 0. The minimum absolute atomic E-state index is 0.278. The minimum atomic E-state index is -1.04. The van der Waals surface area contributed by atoms with Crippen molar-refractivity contribution in [1.82, 2.24) is 14.4 Å². The third-order valence-corrected chi connectivity index (χ3v) is 4.14. The number of rotatable bonds is 3. The average molecular weight is 328 g/mol. The zero-order valence-electron chi connectivity index (χ0n) is 12.8. The molecule has 4 rings (SSSR count). The number of hydrogen-bond acceptors (Lipinski definition) is 3. The molecule has 3 aromatic heterocycles. The third-order valence-electron chi connectivity index (χ3n) is 4.14. The Morgan fingerprint density at radius 2 is 2.17 bits per heavy atom. The number of pyridine rings is 2. The van der Waals surface area contributed by atoms with Crippen LogP contribution in [0.2, 0.25) is 0 Å². The lowest BCUT2D eigenvalue weighted by molar-refractivity contribution is -0.117. The lowest BCUT2D eigenvalue weighted by Crippen LogP contribution is -2.15. The van der Waals surface area contributed by atoms with E-state index in [-0.39, 0.29) is 12.3 Å². The summed E-state index contributed by atoms with van der Waals surface area (Å²) in [6.07, 6.45) is 4.22. The summed E-state index contributed by atoms with van der Waals surface area (Å²) < 4.78 is 27.8. The van der Waals surface area contributed by atoms with Crippen LogP contribution in [0.1, 0.15) is 12.0 Å². The van der Waals surface area contributed by atoms with Gasteiger partial charge in [0.25, 0.3) is 0 Å². The van der Waals surface area contributed by atoms with Crippen LogP contribution in [0.5, 0.6) is 0 Å². The Kier molecular flexibility index (Phi) is 3.30. The van der Waals surface area contributed by atoms with Gasteiger partial charge in [0, 0.05) is 23.5 Å². The first-order valence-corrected chi connectivity index (χ1v) is 7.57. The maximum atomic E-state index is 13.1. The van der Waals surface area contributed by atoms with Gasteiger partial charge in [-0.05, 0) is 37.1 Å². The second kappa shape index (κ2) is 5.36. The van der Waals surface area contributed by atoms with Gasteiger partial charge < -0.3 is 9.72 Å². The summed E-state index contributed by atoms with van der Waals surface area (Å²) in [5.74, 6) is -1.04. The normalized spacial score (nSPS) is 19.5. The van der Waals surface area contributed by atoms with Crippen molar-refractivity contribution in [3.63, 3.8) is 0 Å². The predicted molar refractivity (Wildman–Crippen MR) is 84.8 cm³/mol. The molecule has 3 heterocycles. The highest BCUT2D eigenvalue weighted by molar-refractivity contribution is 5.94. The first kappa shape index (κ1) is 14.7. The third kappa shape index (κ3) is 2.62.